The highest BCUT2D eigenvalue weighted by molar-refractivity contribution is 7.15. The van der Waals surface area contributed by atoms with E-state index in [4.69, 9.17) is 21.1 Å². The third-order valence-corrected chi connectivity index (χ3v) is 6.17. The zero-order chi connectivity index (χ0) is 21.4. The lowest BCUT2D eigenvalue weighted by atomic mass is 10.2. The molecule has 31 heavy (non-hydrogen) atoms. The van der Waals surface area contributed by atoms with Crippen molar-refractivity contribution in [2.24, 2.45) is 0 Å². The lowest BCUT2D eigenvalue weighted by Crippen LogP contribution is -2.22. The van der Waals surface area contributed by atoms with Gasteiger partial charge in [-0.3, -0.25) is 4.79 Å². The van der Waals surface area contributed by atoms with Crippen molar-refractivity contribution in [3.05, 3.63) is 97.8 Å². The van der Waals surface area contributed by atoms with Crippen LogP contribution in [0.25, 0.3) is 22.1 Å². The number of benzene rings is 3. The van der Waals surface area contributed by atoms with Crippen LogP contribution in [0.15, 0.2) is 71.5 Å². The molecule has 5 aromatic rings. The Bertz CT molecular complexity index is 1510. The number of halogens is 1. The number of methoxy groups -OCH3 is 1. The van der Waals surface area contributed by atoms with Gasteiger partial charge in [-0.15, -0.1) is 0 Å². The van der Waals surface area contributed by atoms with Crippen molar-refractivity contribution in [1.82, 2.24) is 9.38 Å². The number of fused-ring (bicyclic) bond motifs is 3. The summed E-state index contributed by atoms with van der Waals surface area (Å²) >= 11 is 7.85. The highest BCUT2D eigenvalue weighted by atomic mass is 35.5. The number of ether oxygens (including phenoxy) is 2. The Morgan fingerprint density at radius 2 is 1.87 bits per heavy atom. The SMILES string of the molecule is COc1cc(/C=c2\sc3nc4ccccc4n3c2=O)cc(Cl)c1OCc1ccccc1. The van der Waals surface area contributed by atoms with Gasteiger partial charge < -0.3 is 9.47 Å². The second-order valence-electron chi connectivity index (χ2n) is 6.94. The molecule has 5 nitrogen and oxygen atoms in total. The summed E-state index contributed by atoms with van der Waals surface area (Å²) in [6.45, 7) is 0.375. The van der Waals surface area contributed by atoms with Crippen LogP contribution in [-0.2, 0) is 6.61 Å². The molecule has 0 saturated heterocycles. The molecule has 0 unspecified atom stereocenters. The Morgan fingerprint density at radius 1 is 1.10 bits per heavy atom. The van der Waals surface area contributed by atoms with Crippen LogP contribution >= 0.6 is 22.9 Å². The predicted octanol–water partition coefficient (Wildman–Crippen LogP) is 4.70. The number of nitrogens with zero attached hydrogens (tertiary/aromatic N) is 2. The predicted molar refractivity (Wildman–Crippen MR) is 124 cm³/mol. The van der Waals surface area contributed by atoms with Gasteiger partial charge in [0.25, 0.3) is 5.56 Å². The Hall–Kier alpha value is -3.35. The van der Waals surface area contributed by atoms with Crippen molar-refractivity contribution in [3.8, 4) is 11.5 Å². The molecule has 0 radical (unpaired) electrons. The standard InChI is InChI=1S/C24H17ClN2O3S/c1-29-20-12-16(11-17(25)22(20)30-14-15-7-3-2-4-8-15)13-21-23(28)27-19-10-6-5-9-18(19)26-24(27)31-21/h2-13H,14H2,1H3/b21-13-. The van der Waals surface area contributed by atoms with Gasteiger partial charge in [-0.05, 0) is 41.5 Å². The quantitative estimate of drug-likeness (QED) is 0.391. The summed E-state index contributed by atoms with van der Waals surface area (Å²) in [5.41, 5.74) is 3.29. The first kappa shape index (κ1) is 19.6. The van der Waals surface area contributed by atoms with E-state index in [9.17, 15) is 4.79 Å². The summed E-state index contributed by atoms with van der Waals surface area (Å²) in [4.78, 5) is 18.2. The third-order valence-electron chi connectivity index (χ3n) is 4.92. The topological polar surface area (TPSA) is 52.8 Å². The summed E-state index contributed by atoms with van der Waals surface area (Å²) in [5.74, 6) is 0.980. The van der Waals surface area contributed by atoms with Gasteiger partial charge in [0.1, 0.15) is 6.61 Å². The van der Waals surface area contributed by atoms with Gasteiger partial charge >= 0.3 is 0 Å². The molecule has 0 N–H and O–H groups in total. The molecule has 0 atom stereocenters. The van der Waals surface area contributed by atoms with Crippen molar-refractivity contribution in [1.29, 1.82) is 0 Å². The van der Waals surface area contributed by atoms with E-state index >= 15 is 0 Å². The largest absolute Gasteiger partial charge is 0.493 e. The molecule has 0 aliphatic heterocycles. The van der Waals surface area contributed by atoms with E-state index in [1.807, 2.05) is 60.7 Å². The molecular weight excluding hydrogens is 432 g/mol. The van der Waals surface area contributed by atoms with Crippen LogP contribution in [0, 0.1) is 0 Å². The van der Waals surface area contributed by atoms with E-state index in [1.165, 1.54) is 11.3 Å². The van der Waals surface area contributed by atoms with E-state index in [2.05, 4.69) is 4.98 Å². The fourth-order valence-corrected chi connectivity index (χ4v) is 4.72. The van der Waals surface area contributed by atoms with E-state index in [1.54, 1.807) is 23.7 Å². The van der Waals surface area contributed by atoms with E-state index in [0.717, 1.165) is 22.2 Å². The first-order chi connectivity index (χ1) is 15.1. The van der Waals surface area contributed by atoms with E-state index in [0.29, 0.717) is 32.6 Å². The Kier molecular flexibility index (Phi) is 5.10. The maximum Gasteiger partial charge on any atom is 0.274 e. The first-order valence-electron chi connectivity index (χ1n) is 9.60. The molecule has 0 fully saturated rings. The maximum absolute atomic E-state index is 13.0. The normalized spacial score (nSPS) is 12.0. The zero-order valence-electron chi connectivity index (χ0n) is 16.5. The highest BCUT2D eigenvalue weighted by Gasteiger charge is 2.14. The molecule has 0 amide bonds. The summed E-state index contributed by atoms with van der Waals surface area (Å²) in [7, 11) is 1.56. The number of imidazole rings is 1. The summed E-state index contributed by atoms with van der Waals surface area (Å²) in [5, 5.41) is 0.417. The minimum Gasteiger partial charge on any atom is -0.493 e. The van der Waals surface area contributed by atoms with E-state index in [-0.39, 0.29) is 5.56 Å². The van der Waals surface area contributed by atoms with Crippen molar-refractivity contribution < 1.29 is 9.47 Å². The molecule has 0 saturated carbocycles. The smallest absolute Gasteiger partial charge is 0.274 e. The Balaban J connectivity index is 1.53. The number of para-hydroxylation sites is 2. The van der Waals surface area contributed by atoms with Crippen molar-refractivity contribution in [2.45, 2.75) is 6.61 Å². The minimum absolute atomic E-state index is 0.104. The molecule has 0 bridgehead atoms. The van der Waals surface area contributed by atoms with Gasteiger partial charge in [0.05, 0.1) is 27.7 Å². The van der Waals surface area contributed by atoms with Crippen LogP contribution in [0.1, 0.15) is 11.1 Å². The molecule has 0 spiro atoms. The van der Waals surface area contributed by atoms with Gasteiger partial charge in [0, 0.05) is 0 Å². The molecule has 3 aromatic carbocycles. The molecule has 5 rings (SSSR count). The van der Waals surface area contributed by atoms with Crippen LogP contribution in [0.2, 0.25) is 5.02 Å². The van der Waals surface area contributed by atoms with Crippen molar-refractivity contribution in [3.63, 3.8) is 0 Å². The fourth-order valence-electron chi connectivity index (χ4n) is 3.46. The lowest BCUT2D eigenvalue weighted by Gasteiger charge is -2.13. The summed E-state index contributed by atoms with van der Waals surface area (Å²) in [6, 6.07) is 21.0. The summed E-state index contributed by atoms with van der Waals surface area (Å²) < 4.78 is 13.6. The highest BCUT2D eigenvalue weighted by Crippen LogP contribution is 2.37. The van der Waals surface area contributed by atoms with Crippen LogP contribution < -0.4 is 19.6 Å². The van der Waals surface area contributed by atoms with Gasteiger partial charge in [-0.2, -0.15) is 0 Å². The molecule has 0 aliphatic rings. The fraction of sp³-hybridized carbons (Fsp3) is 0.0833. The van der Waals surface area contributed by atoms with Gasteiger partial charge in [0.2, 0.25) is 0 Å². The van der Waals surface area contributed by atoms with Gasteiger partial charge in [-0.25, -0.2) is 9.38 Å². The second kappa shape index (κ2) is 8.06. The second-order valence-corrected chi connectivity index (χ2v) is 8.36. The minimum atomic E-state index is -0.104. The number of hydrogen-bond acceptors (Lipinski definition) is 5. The monoisotopic (exact) mass is 448 g/mol. The van der Waals surface area contributed by atoms with Crippen LogP contribution in [0.5, 0.6) is 11.5 Å². The van der Waals surface area contributed by atoms with E-state index < -0.39 is 0 Å². The zero-order valence-corrected chi connectivity index (χ0v) is 18.1. The van der Waals surface area contributed by atoms with Crippen molar-refractivity contribution in [2.75, 3.05) is 7.11 Å². The molecule has 0 aliphatic carbocycles. The first-order valence-corrected chi connectivity index (χ1v) is 10.8. The number of thiazole rings is 1. The molecule has 7 heteroatoms. The summed E-state index contributed by atoms with van der Waals surface area (Å²) in [6.07, 6.45) is 1.80. The van der Waals surface area contributed by atoms with Crippen LogP contribution in [-0.4, -0.2) is 16.5 Å². The Labute approximate surface area is 186 Å². The molecule has 2 aromatic heterocycles. The van der Waals surface area contributed by atoms with Gasteiger partial charge in [-0.1, -0.05) is 65.4 Å². The van der Waals surface area contributed by atoms with Gasteiger partial charge in [0.15, 0.2) is 16.5 Å². The lowest BCUT2D eigenvalue weighted by molar-refractivity contribution is 0.284. The van der Waals surface area contributed by atoms with Crippen molar-refractivity contribution >= 4 is 45.0 Å². The van der Waals surface area contributed by atoms with Crippen LogP contribution in [0.3, 0.4) is 0 Å². The average Bonchev–Trinajstić information content (AvgIpc) is 3.29. The molecular formula is C24H17ClN2O3S. The molecule has 154 valence electrons. The number of hydrogen-bond donors (Lipinski definition) is 0. The average molecular weight is 449 g/mol. The number of aromatic nitrogens is 2. The number of rotatable bonds is 5. The van der Waals surface area contributed by atoms with Crippen LogP contribution in [0.4, 0.5) is 0 Å². The maximum atomic E-state index is 13.0. The third kappa shape index (κ3) is 3.65. The Morgan fingerprint density at radius 3 is 2.68 bits per heavy atom. The molecule has 2 heterocycles.